The van der Waals surface area contributed by atoms with Crippen molar-refractivity contribution < 1.29 is 13.2 Å². The molecule has 0 aliphatic heterocycles. The number of hydrogen-bond acceptors (Lipinski definition) is 3. The van der Waals surface area contributed by atoms with E-state index in [0.717, 1.165) is 0 Å². The van der Waals surface area contributed by atoms with E-state index in [1.54, 1.807) is 12.1 Å². The minimum atomic E-state index is -3.59. The number of Topliss-reactive ketones (excluding diaryl/α,β-unsaturated/α-hetero) is 1. The zero-order chi connectivity index (χ0) is 12.3. The minimum absolute atomic E-state index is 0.173. The van der Waals surface area contributed by atoms with E-state index in [-0.39, 0.29) is 11.3 Å². The standard InChI is InChI=1S/C10H10Cl2O3S/c1-2-16(14,15)10(12)9(13)7-4-3-5-8(11)6-7/h3-6,10H,2H2,1H3/t10-/m0/s1. The molecule has 1 aromatic carbocycles. The molecule has 0 saturated heterocycles. The van der Waals surface area contributed by atoms with Crippen LogP contribution in [-0.4, -0.2) is 24.7 Å². The minimum Gasteiger partial charge on any atom is -0.291 e. The molecule has 6 heteroatoms. The van der Waals surface area contributed by atoms with Gasteiger partial charge in [0, 0.05) is 16.3 Å². The fourth-order valence-electron chi connectivity index (χ4n) is 1.08. The van der Waals surface area contributed by atoms with Crippen molar-refractivity contribution in [2.75, 3.05) is 5.75 Å². The highest BCUT2D eigenvalue weighted by atomic mass is 35.5. The summed E-state index contributed by atoms with van der Waals surface area (Å²) in [6.07, 6.45) is 0. The fourth-order valence-corrected chi connectivity index (χ4v) is 2.53. The number of halogens is 2. The van der Waals surface area contributed by atoms with E-state index in [9.17, 15) is 13.2 Å². The maximum atomic E-state index is 11.7. The predicted molar refractivity (Wildman–Crippen MR) is 64.9 cm³/mol. The highest BCUT2D eigenvalue weighted by Gasteiger charge is 2.29. The molecule has 0 amide bonds. The molecule has 3 nitrogen and oxygen atoms in total. The second-order valence-electron chi connectivity index (χ2n) is 3.14. The van der Waals surface area contributed by atoms with Crippen molar-refractivity contribution in [3.8, 4) is 0 Å². The van der Waals surface area contributed by atoms with Gasteiger partial charge in [-0.15, -0.1) is 0 Å². The number of hydrogen-bond donors (Lipinski definition) is 0. The quantitative estimate of drug-likeness (QED) is 0.629. The van der Waals surface area contributed by atoms with Crippen molar-refractivity contribution in [1.82, 2.24) is 0 Å². The average molecular weight is 281 g/mol. The van der Waals surface area contributed by atoms with Gasteiger partial charge in [0.15, 0.2) is 20.3 Å². The predicted octanol–water partition coefficient (Wildman–Crippen LogP) is 2.52. The molecule has 16 heavy (non-hydrogen) atoms. The second-order valence-corrected chi connectivity index (χ2v) is 6.65. The number of carbonyl (C=O) groups excluding carboxylic acids is 1. The molecular weight excluding hydrogens is 271 g/mol. The van der Waals surface area contributed by atoms with Crippen LogP contribution in [-0.2, 0) is 9.84 Å². The zero-order valence-corrected chi connectivity index (χ0v) is 10.8. The van der Waals surface area contributed by atoms with Crippen molar-refractivity contribution in [1.29, 1.82) is 0 Å². The van der Waals surface area contributed by atoms with Gasteiger partial charge in [-0.05, 0) is 12.1 Å². The van der Waals surface area contributed by atoms with Crippen LogP contribution < -0.4 is 0 Å². The average Bonchev–Trinajstić information content (AvgIpc) is 2.27. The first-order valence-corrected chi connectivity index (χ1v) is 7.07. The van der Waals surface area contributed by atoms with Crippen LogP contribution in [0.3, 0.4) is 0 Å². The molecule has 0 radical (unpaired) electrons. The van der Waals surface area contributed by atoms with E-state index in [1.165, 1.54) is 19.1 Å². The maximum absolute atomic E-state index is 11.7. The van der Waals surface area contributed by atoms with Gasteiger partial charge in [-0.3, -0.25) is 4.79 Å². The van der Waals surface area contributed by atoms with Crippen LogP contribution in [0.1, 0.15) is 17.3 Å². The van der Waals surface area contributed by atoms with E-state index in [1.807, 2.05) is 0 Å². The fraction of sp³-hybridized carbons (Fsp3) is 0.300. The van der Waals surface area contributed by atoms with Crippen molar-refractivity contribution in [2.45, 2.75) is 11.6 Å². The summed E-state index contributed by atoms with van der Waals surface area (Å²) in [5.41, 5.74) is 0.199. The van der Waals surface area contributed by atoms with Gasteiger partial charge in [-0.2, -0.15) is 0 Å². The first-order valence-electron chi connectivity index (χ1n) is 4.54. The third kappa shape index (κ3) is 2.97. The number of ketones is 1. The summed E-state index contributed by atoms with van der Waals surface area (Å²) in [7, 11) is -3.59. The topological polar surface area (TPSA) is 51.2 Å². The lowest BCUT2D eigenvalue weighted by Gasteiger charge is -2.08. The molecule has 88 valence electrons. The molecule has 1 aromatic rings. The summed E-state index contributed by atoms with van der Waals surface area (Å²) in [4.78, 5) is 11.7. The molecule has 1 rings (SSSR count). The van der Waals surface area contributed by atoms with Crippen LogP contribution in [0.5, 0.6) is 0 Å². The van der Waals surface area contributed by atoms with E-state index < -0.39 is 20.3 Å². The van der Waals surface area contributed by atoms with Crippen molar-refractivity contribution >= 4 is 38.8 Å². The highest BCUT2D eigenvalue weighted by molar-refractivity contribution is 7.94. The van der Waals surface area contributed by atoms with Crippen LogP contribution in [0.15, 0.2) is 24.3 Å². The van der Waals surface area contributed by atoms with Crippen molar-refractivity contribution in [2.24, 2.45) is 0 Å². The lowest BCUT2D eigenvalue weighted by molar-refractivity contribution is 0.101. The van der Waals surface area contributed by atoms with Gasteiger partial charge < -0.3 is 0 Å². The van der Waals surface area contributed by atoms with Gasteiger partial charge in [0.2, 0.25) is 0 Å². The van der Waals surface area contributed by atoms with Gasteiger partial charge in [-0.25, -0.2) is 8.42 Å². The normalized spacial score (nSPS) is 13.4. The van der Waals surface area contributed by atoms with E-state index >= 15 is 0 Å². The molecule has 0 aromatic heterocycles. The Labute approximate surface area is 104 Å². The Hall–Kier alpha value is -0.580. The molecule has 0 spiro atoms. The molecule has 0 fully saturated rings. The Morgan fingerprint density at radius 3 is 2.56 bits per heavy atom. The van der Waals surface area contributed by atoms with Crippen molar-refractivity contribution in [3.05, 3.63) is 34.9 Å². The van der Waals surface area contributed by atoms with E-state index in [4.69, 9.17) is 23.2 Å². The lowest BCUT2D eigenvalue weighted by atomic mass is 10.1. The van der Waals surface area contributed by atoms with Crippen LogP contribution in [0.25, 0.3) is 0 Å². The summed E-state index contributed by atoms with van der Waals surface area (Å²) in [5, 5.41) is 0.364. The van der Waals surface area contributed by atoms with E-state index in [0.29, 0.717) is 5.02 Å². The molecule has 0 unspecified atom stereocenters. The summed E-state index contributed by atoms with van der Waals surface area (Å²) < 4.78 is 21.3. The summed E-state index contributed by atoms with van der Waals surface area (Å²) in [6.45, 7) is 1.44. The molecule has 0 bridgehead atoms. The Bertz CT molecular complexity index is 497. The van der Waals surface area contributed by atoms with Crippen LogP contribution in [0, 0.1) is 0 Å². The Morgan fingerprint density at radius 1 is 1.44 bits per heavy atom. The zero-order valence-electron chi connectivity index (χ0n) is 8.48. The number of alkyl halides is 1. The van der Waals surface area contributed by atoms with Gasteiger partial charge in [-0.1, -0.05) is 42.3 Å². The molecule has 1 atom stereocenters. The third-order valence-corrected chi connectivity index (χ3v) is 4.93. The van der Waals surface area contributed by atoms with Crippen LogP contribution in [0.4, 0.5) is 0 Å². The lowest BCUT2D eigenvalue weighted by Crippen LogP contribution is -2.26. The van der Waals surface area contributed by atoms with Gasteiger partial charge in [0.25, 0.3) is 0 Å². The molecule has 0 saturated carbocycles. The third-order valence-electron chi connectivity index (χ3n) is 2.03. The summed E-state index contributed by atoms with van der Waals surface area (Å²) in [5.74, 6) is -0.820. The second kappa shape index (κ2) is 5.17. The molecule has 0 aliphatic rings. The molecule has 0 N–H and O–H groups in total. The maximum Gasteiger partial charge on any atom is 0.197 e. The van der Waals surface area contributed by atoms with Gasteiger partial charge >= 0.3 is 0 Å². The van der Waals surface area contributed by atoms with Crippen LogP contribution >= 0.6 is 23.2 Å². The first-order chi connectivity index (χ1) is 7.38. The summed E-state index contributed by atoms with van der Waals surface area (Å²) >= 11 is 11.3. The number of carbonyl (C=O) groups is 1. The smallest absolute Gasteiger partial charge is 0.197 e. The highest BCUT2D eigenvalue weighted by Crippen LogP contribution is 2.18. The van der Waals surface area contributed by atoms with Gasteiger partial charge in [0.05, 0.1) is 0 Å². The van der Waals surface area contributed by atoms with Crippen molar-refractivity contribution in [3.63, 3.8) is 0 Å². The molecular formula is C10H10Cl2O3S. The number of rotatable bonds is 4. The Kier molecular flexibility index (Phi) is 4.35. The summed E-state index contributed by atoms with van der Waals surface area (Å²) in [6, 6.07) is 6.03. The molecule has 0 aliphatic carbocycles. The SMILES string of the molecule is CCS(=O)(=O)[C@H](Cl)C(=O)c1cccc(Cl)c1. The monoisotopic (exact) mass is 280 g/mol. The van der Waals surface area contributed by atoms with Gasteiger partial charge in [0.1, 0.15) is 0 Å². The van der Waals surface area contributed by atoms with E-state index in [2.05, 4.69) is 0 Å². The largest absolute Gasteiger partial charge is 0.291 e. The first kappa shape index (κ1) is 13.5. The number of sulfone groups is 1. The van der Waals surface area contributed by atoms with Crippen LogP contribution in [0.2, 0.25) is 5.02 Å². The molecule has 0 heterocycles. The Morgan fingerprint density at radius 2 is 2.06 bits per heavy atom. The number of benzene rings is 1. The Balaban J connectivity index is 3.04.